The molecule has 3 heterocycles. The van der Waals surface area contributed by atoms with Crippen molar-refractivity contribution in [2.75, 3.05) is 26.4 Å². The zero-order chi connectivity index (χ0) is 15.5. The summed E-state index contributed by atoms with van der Waals surface area (Å²) in [5, 5.41) is 4.37. The number of pyridine rings is 1. The number of rotatable bonds is 5. The molecule has 3 rings (SSSR count). The molecule has 2 N–H and O–H groups in total. The average molecular weight is 296 g/mol. The lowest BCUT2D eigenvalue weighted by Gasteiger charge is -2.08. The Kier molecular flexibility index (Phi) is 4.02. The highest BCUT2D eigenvalue weighted by Crippen LogP contribution is 2.27. The molecule has 0 aliphatic heterocycles. The number of aromatic nitrogens is 4. The quantitative estimate of drug-likeness (QED) is 0.778. The van der Waals surface area contributed by atoms with Gasteiger partial charge < -0.3 is 10.6 Å². The number of hydrogen-bond donors (Lipinski definition) is 1. The van der Waals surface area contributed by atoms with Crippen LogP contribution in [0.3, 0.4) is 0 Å². The number of nitrogens with two attached hydrogens (primary N) is 1. The number of nitrogen functional groups attached to an aromatic ring is 1. The molecule has 0 saturated carbocycles. The average Bonchev–Trinajstić information content (AvgIpc) is 2.83. The highest BCUT2D eigenvalue weighted by molar-refractivity contribution is 5.84. The molecule has 22 heavy (non-hydrogen) atoms. The van der Waals surface area contributed by atoms with Crippen molar-refractivity contribution in [2.24, 2.45) is 0 Å². The zero-order valence-corrected chi connectivity index (χ0v) is 12.9. The van der Waals surface area contributed by atoms with Gasteiger partial charge in [-0.3, -0.25) is 4.98 Å². The SMILES string of the molecule is CN(C)CCCc1cnc2c(-c3ccccn3)c(N)nn2c1. The van der Waals surface area contributed by atoms with Crippen molar-refractivity contribution in [1.29, 1.82) is 0 Å². The van der Waals surface area contributed by atoms with Crippen molar-refractivity contribution in [3.05, 3.63) is 42.4 Å². The predicted molar refractivity (Wildman–Crippen MR) is 87.5 cm³/mol. The molecule has 0 bridgehead atoms. The summed E-state index contributed by atoms with van der Waals surface area (Å²) in [6, 6.07) is 5.72. The second-order valence-corrected chi connectivity index (χ2v) is 5.61. The summed E-state index contributed by atoms with van der Waals surface area (Å²) in [7, 11) is 4.16. The molecular weight excluding hydrogens is 276 g/mol. The summed E-state index contributed by atoms with van der Waals surface area (Å²) >= 11 is 0. The van der Waals surface area contributed by atoms with Crippen LogP contribution in [0.4, 0.5) is 5.82 Å². The monoisotopic (exact) mass is 296 g/mol. The van der Waals surface area contributed by atoms with Crippen molar-refractivity contribution >= 4 is 11.5 Å². The molecule has 6 nitrogen and oxygen atoms in total. The van der Waals surface area contributed by atoms with Crippen LogP contribution in [0, 0.1) is 0 Å². The van der Waals surface area contributed by atoms with Crippen LogP contribution in [-0.4, -0.2) is 45.1 Å². The Balaban J connectivity index is 1.92. The Labute approximate surface area is 129 Å². The van der Waals surface area contributed by atoms with E-state index < -0.39 is 0 Å². The summed E-state index contributed by atoms with van der Waals surface area (Å²) in [6.45, 7) is 1.05. The Morgan fingerprint density at radius 1 is 1.23 bits per heavy atom. The molecule has 6 heteroatoms. The van der Waals surface area contributed by atoms with Gasteiger partial charge >= 0.3 is 0 Å². The fourth-order valence-electron chi connectivity index (χ4n) is 2.48. The third-order valence-corrected chi connectivity index (χ3v) is 3.54. The molecule has 3 aromatic rings. The molecule has 0 spiro atoms. The van der Waals surface area contributed by atoms with Crippen molar-refractivity contribution in [3.63, 3.8) is 0 Å². The first kappa shape index (κ1) is 14.5. The van der Waals surface area contributed by atoms with E-state index in [2.05, 4.69) is 34.1 Å². The fourth-order valence-corrected chi connectivity index (χ4v) is 2.48. The molecule has 0 aliphatic rings. The third kappa shape index (κ3) is 2.92. The molecule has 0 saturated heterocycles. The first-order valence-corrected chi connectivity index (χ1v) is 7.34. The molecule has 3 aromatic heterocycles. The topological polar surface area (TPSA) is 72.3 Å². The van der Waals surface area contributed by atoms with Crippen molar-refractivity contribution in [2.45, 2.75) is 12.8 Å². The van der Waals surface area contributed by atoms with Gasteiger partial charge in [0.1, 0.15) is 0 Å². The van der Waals surface area contributed by atoms with E-state index in [1.54, 1.807) is 10.7 Å². The van der Waals surface area contributed by atoms with Gasteiger partial charge in [-0.05, 0) is 51.2 Å². The molecule has 0 fully saturated rings. The lowest BCUT2D eigenvalue weighted by Crippen LogP contribution is -2.13. The van der Waals surface area contributed by atoms with Crippen LogP contribution in [0.25, 0.3) is 16.9 Å². The molecule has 114 valence electrons. The normalized spacial score (nSPS) is 11.4. The third-order valence-electron chi connectivity index (χ3n) is 3.54. The summed E-state index contributed by atoms with van der Waals surface area (Å²) < 4.78 is 1.75. The van der Waals surface area contributed by atoms with Crippen LogP contribution in [0.15, 0.2) is 36.8 Å². The van der Waals surface area contributed by atoms with E-state index in [1.807, 2.05) is 30.6 Å². The highest BCUT2D eigenvalue weighted by atomic mass is 15.3. The maximum atomic E-state index is 6.06. The highest BCUT2D eigenvalue weighted by Gasteiger charge is 2.14. The Bertz CT molecular complexity index is 763. The minimum Gasteiger partial charge on any atom is -0.382 e. The van der Waals surface area contributed by atoms with E-state index in [0.29, 0.717) is 5.82 Å². The summed E-state index contributed by atoms with van der Waals surface area (Å²) in [5.41, 5.74) is 9.54. The van der Waals surface area contributed by atoms with Gasteiger partial charge in [0.2, 0.25) is 0 Å². The van der Waals surface area contributed by atoms with Gasteiger partial charge in [-0.15, -0.1) is 5.10 Å². The molecule has 0 aliphatic carbocycles. The first-order valence-electron chi connectivity index (χ1n) is 7.34. The minimum atomic E-state index is 0.455. The summed E-state index contributed by atoms with van der Waals surface area (Å²) in [4.78, 5) is 11.1. The standard InChI is InChI=1S/C16H20N6/c1-21(2)9-5-6-12-10-19-16-14(13-7-3-4-8-18-13)15(17)20-22(16)11-12/h3-4,7-8,10-11H,5-6,9H2,1-2H3,(H2,17,20). The van der Waals surface area contributed by atoms with Crippen LogP contribution >= 0.6 is 0 Å². The predicted octanol–water partition coefficient (Wildman–Crippen LogP) is 1.87. The lowest BCUT2D eigenvalue weighted by molar-refractivity contribution is 0.400. The first-order chi connectivity index (χ1) is 10.6. The van der Waals surface area contributed by atoms with Gasteiger partial charge in [0, 0.05) is 18.6 Å². The van der Waals surface area contributed by atoms with Crippen molar-refractivity contribution < 1.29 is 0 Å². The van der Waals surface area contributed by atoms with Crippen LogP contribution in [-0.2, 0) is 6.42 Å². The number of aryl methyl sites for hydroxylation is 1. The van der Waals surface area contributed by atoms with E-state index in [9.17, 15) is 0 Å². The number of anilines is 1. The van der Waals surface area contributed by atoms with Gasteiger partial charge in [-0.1, -0.05) is 6.07 Å². The molecule has 0 radical (unpaired) electrons. The van der Waals surface area contributed by atoms with E-state index in [4.69, 9.17) is 5.73 Å². The van der Waals surface area contributed by atoms with E-state index in [1.165, 1.54) is 0 Å². The van der Waals surface area contributed by atoms with Crippen LogP contribution in [0.2, 0.25) is 0 Å². The van der Waals surface area contributed by atoms with Crippen LogP contribution in [0.5, 0.6) is 0 Å². The number of fused-ring (bicyclic) bond motifs is 1. The smallest absolute Gasteiger partial charge is 0.166 e. The van der Waals surface area contributed by atoms with Gasteiger partial charge in [0.05, 0.1) is 11.3 Å². The Hall–Kier alpha value is -2.47. The van der Waals surface area contributed by atoms with Crippen LogP contribution in [0.1, 0.15) is 12.0 Å². The van der Waals surface area contributed by atoms with Gasteiger partial charge in [-0.25, -0.2) is 9.50 Å². The molecule has 0 amide bonds. The molecular formula is C16H20N6. The summed E-state index contributed by atoms with van der Waals surface area (Å²) in [6.07, 6.45) is 7.71. The largest absolute Gasteiger partial charge is 0.382 e. The molecule has 0 unspecified atom stereocenters. The number of nitrogens with zero attached hydrogens (tertiary/aromatic N) is 5. The maximum Gasteiger partial charge on any atom is 0.166 e. The van der Waals surface area contributed by atoms with Crippen molar-refractivity contribution in [1.82, 2.24) is 24.5 Å². The van der Waals surface area contributed by atoms with Gasteiger partial charge in [0.25, 0.3) is 0 Å². The zero-order valence-electron chi connectivity index (χ0n) is 12.9. The lowest BCUT2D eigenvalue weighted by atomic mass is 10.2. The summed E-state index contributed by atoms with van der Waals surface area (Å²) in [5.74, 6) is 0.455. The van der Waals surface area contributed by atoms with Crippen LogP contribution < -0.4 is 5.73 Å². The Morgan fingerprint density at radius 3 is 2.82 bits per heavy atom. The molecule has 0 atom stereocenters. The van der Waals surface area contributed by atoms with E-state index in [-0.39, 0.29) is 0 Å². The number of hydrogen-bond acceptors (Lipinski definition) is 5. The maximum absolute atomic E-state index is 6.06. The van der Waals surface area contributed by atoms with E-state index >= 15 is 0 Å². The minimum absolute atomic E-state index is 0.455. The fraction of sp³-hybridized carbons (Fsp3) is 0.312. The Morgan fingerprint density at radius 2 is 2.09 bits per heavy atom. The second-order valence-electron chi connectivity index (χ2n) is 5.61. The second kappa shape index (κ2) is 6.11. The van der Waals surface area contributed by atoms with Gasteiger partial charge in [-0.2, -0.15) is 0 Å². The van der Waals surface area contributed by atoms with Gasteiger partial charge in [0.15, 0.2) is 11.5 Å². The van der Waals surface area contributed by atoms with E-state index in [0.717, 1.165) is 41.9 Å². The van der Waals surface area contributed by atoms with Crippen molar-refractivity contribution in [3.8, 4) is 11.3 Å². The molecule has 0 aromatic carbocycles.